The fraction of sp³-hybridized carbons (Fsp3) is 0.385. The predicted octanol–water partition coefficient (Wildman–Crippen LogP) is 4.64. The van der Waals surface area contributed by atoms with E-state index in [-0.39, 0.29) is 11.4 Å². The molecular formula is C26H31N3O3. The number of aromatic nitrogens is 2. The Morgan fingerprint density at radius 2 is 2.03 bits per heavy atom. The molecule has 1 aliphatic rings. The highest BCUT2D eigenvalue weighted by Gasteiger charge is 2.25. The maximum Gasteiger partial charge on any atom is 0.160 e. The minimum absolute atomic E-state index is 0.0466. The van der Waals surface area contributed by atoms with Gasteiger partial charge in [-0.15, -0.1) is 0 Å². The number of Topliss-reactive ketones (excluding diaryl/α,β-unsaturated/α-hetero) is 1. The fourth-order valence-corrected chi connectivity index (χ4v) is 4.51. The number of fused-ring (bicyclic) bond motifs is 1. The molecule has 4 rings (SSSR count). The van der Waals surface area contributed by atoms with E-state index < -0.39 is 0 Å². The zero-order valence-electron chi connectivity index (χ0n) is 19.4. The molecule has 1 fully saturated rings. The molecule has 0 spiro atoms. The average molecular weight is 434 g/mol. The monoisotopic (exact) mass is 433 g/mol. The van der Waals surface area contributed by atoms with Crippen LogP contribution in [0.1, 0.15) is 42.3 Å². The van der Waals surface area contributed by atoms with Crippen LogP contribution in [-0.4, -0.2) is 58.7 Å². The molecule has 1 aliphatic heterocycles. The van der Waals surface area contributed by atoms with Crippen molar-refractivity contribution in [2.75, 3.05) is 32.8 Å². The van der Waals surface area contributed by atoms with E-state index in [1.165, 1.54) is 0 Å². The molecule has 0 N–H and O–H groups in total. The van der Waals surface area contributed by atoms with Gasteiger partial charge in [0.1, 0.15) is 11.4 Å². The topological polar surface area (TPSA) is 56.1 Å². The third-order valence-corrected chi connectivity index (χ3v) is 5.84. The molecule has 1 aromatic carbocycles. The van der Waals surface area contributed by atoms with Crippen molar-refractivity contribution in [2.45, 2.75) is 33.3 Å². The molecule has 0 unspecified atom stereocenters. The largest absolute Gasteiger partial charge is 0.485 e. The van der Waals surface area contributed by atoms with Crippen molar-refractivity contribution in [1.29, 1.82) is 0 Å². The number of aryl methyl sites for hydroxylation is 1. The zero-order chi connectivity index (χ0) is 22.9. The normalized spacial score (nSPS) is 15.1. The van der Waals surface area contributed by atoms with Crippen LogP contribution in [0.2, 0.25) is 0 Å². The van der Waals surface area contributed by atoms with Gasteiger partial charge in [-0.3, -0.25) is 9.69 Å². The minimum atomic E-state index is -0.334. The molecule has 6 heteroatoms. The molecule has 0 bridgehead atoms. The Bertz CT molecular complexity index is 1160. The molecule has 0 aliphatic carbocycles. The Labute approximate surface area is 189 Å². The quantitative estimate of drug-likeness (QED) is 0.508. The maximum atomic E-state index is 12.0. The number of nitrogens with zero attached hydrogens (tertiary/aromatic N) is 3. The molecule has 6 nitrogen and oxygen atoms in total. The van der Waals surface area contributed by atoms with Gasteiger partial charge in [0.2, 0.25) is 0 Å². The van der Waals surface area contributed by atoms with E-state index in [0.29, 0.717) is 0 Å². The molecular weight excluding hydrogens is 402 g/mol. The van der Waals surface area contributed by atoms with Crippen molar-refractivity contribution >= 4 is 17.4 Å². The first-order valence-electron chi connectivity index (χ1n) is 11.0. The molecule has 3 aromatic rings. The van der Waals surface area contributed by atoms with E-state index in [2.05, 4.69) is 30.4 Å². The van der Waals surface area contributed by atoms with Crippen LogP contribution in [0.25, 0.3) is 22.7 Å². The fourth-order valence-electron chi connectivity index (χ4n) is 4.51. The lowest BCUT2D eigenvalue weighted by Crippen LogP contribution is -2.47. The van der Waals surface area contributed by atoms with Crippen molar-refractivity contribution in [1.82, 2.24) is 14.5 Å². The van der Waals surface area contributed by atoms with E-state index in [1.54, 1.807) is 13.0 Å². The summed E-state index contributed by atoms with van der Waals surface area (Å²) in [6.07, 6.45) is 5.51. The number of rotatable bonds is 7. The first-order chi connectivity index (χ1) is 15.3. The number of ether oxygens (including phenoxy) is 2. The van der Waals surface area contributed by atoms with Gasteiger partial charge in [0.25, 0.3) is 0 Å². The lowest BCUT2D eigenvalue weighted by molar-refractivity contribution is -0.00367. The minimum Gasteiger partial charge on any atom is -0.485 e. The first kappa shape index (κ1) is 22.2. The van der Waals surface area contributed by atoms with Gasteiger partial charge in [0.15, 0.2) is 5.78 Å². The van der Waals surface area contributed by atoms with Gasteiger partial charge in [-0.05, 0) is 62.6 Å². The molecule has 1 saturated heterocycles. The second kappa shape index (κ2) is 8.88. The highest BCUT2D eigenvalue weighted by molar-refractivity contribution is 6.00. The Hall–Kier alpha value is -2.96. The zero-order valence-corrected chi connectivity index (χ0v) is 19.4. The van der Waals surface area contributed by atoms with Crippen LogP contribution in [0.3, 0.4) is 0 Å². The summed E-state index contributed by atoms with van der Waals surface area (Å²) in [5.74, 6) is 0.825. The second-order valence-electron chi connectivity index (χ2n) is 9.02. The first-order valence-corrected chi connectivity index (χ1v) is 11.0. The van der Waals surface area contributed by atoms with Crippen molar-refractivity contribution in [3.05, 3.63) is 59.9 Å². The van der Waals surface area contributed by atoms with Crippen molar-refractivity contribution in [2.24, 2.45) is 0 Å². The summed E-state index contributed by atoms with van der Waals surface area (Å²) in [7, 11) is 0. The smallest absolute Gasteiger partial charge is 0.160 e. The maximum absolute atomic E-state index is 12.0. The Morgan fingerprint density at radius 1 is 1.28 bits per heavy atom. The number of hydrogen-bond donors (Lipinski definition) is 0. The summed E-state index contributed by atoms with van der Waals surface area (Å²) >= 11 is 0. The van der Waals surface area contributed by atoms with Gasteiger partial charge in [-0.25, -0.2) is 4.52 Å². The summed E-state index contributed by atoms with van der Waals surface area (Å²) < 4.78 is 13.6. The Balaban J connectivity index is 1.60. The molecule has 0 atom stereocenters. The van der Waals surface area contributed by atoms with E-state index >= 15 is 0 Å². The van der Waals surface area contributed by atoms with E-state index in [4.69, 9.17) is 9.47 Å². The van der Waals surface area contributed by atoms with Crippen LogP contribution in [0.5, 0.6) is 5.75 Å². The molecule has 0 saturated carbocycles. The van der Waals surface area contributed by atoms with Crippen LogP contribution < -0.4 is 4.74 Å². The number of carbonyl (C=O) groups excluding carboxylic acids is 1. The lowest BCUT2D eigenvalue weighted by atomic mass is 9.93. The number of carbonyl (C=O) groups is 1. The summed E-state index contributed by atoms with van der Waals surface area (Å²) in [5, 5.41) is 4.56. The van der Waals surface area contributed by atoms with Gasteiger partial charge in [-0.1, -0.05) is 18.7 Å². The molecule has 0 amide bonds. The summed E-state index contributed by atoms with van der Waals surface area (Å²) in [5.41, 5.74) is 5.17. The number of morpholine rings is 1. The summed E-state index contributed by atoms with van der Waals surface area (Å²) in [6, 6.07) is 8.07. The van der Waals surface area contributed by atoms with Gasteiger partial charge >= 0.3 is 0 Å². The van der Waals surface area contributed by atoms with E-state index in [0.717, 1.165) is 71.9 Å². The summed E-state index contributed by atoms with van der Waals surface area (Å²) in [6.45, 7) is 15.9. The number of hydrogen-bond acceptors (Lipinski definition) is 5. The van der Waals surface area contributed by atoms with Crippen LogP contribution in [0, 0.1) is 6.92 Å². The van der Waals surface area contributed by atoms with Crippen molar-refractivity contribution in [3.63, 3.8) is 0 Å². The summed E-state index contributed by atoms with van der Waals surface area (Å²) in [4.78, 5) is 14.4. The molecule has 3 heterocycles. The highest BCUT2D eigenvalue weighted by Crippen LogP contribution is 2.31. The number of benzene rings is 1. The molecule has 2 aromatic heterocycles. The van der Waals surface area contributed by atoms with Crippen LogP contribution in [-0.2, 0) is 4.74 Å². The van der Waals surface area contributed by atoms with Crippen LogP contribution in [0.4, 0.5) is 0 Å². The lowest BCUT2D eigenvalue weighted by Gasteiger charge is -2.35. The van der Waals surface area contributed by atoms with Gasteiger partial charge in [-0.2, -0.15) is 5.10 Å². The molecule has 32 heavy (non-hydrogen) atoms. The second-order valence-corrected chi connectivity index (χ2v) is 9.02. The van der Waals surface area contributed by atoms with Crippen LogP contribution >= 0.6 is 0 Å². The number of ketones is 1. The Kier molecular flexibility index (Phi) is 6.17. The van der Waals surface area contributed by atoms with Crippen molar-refractivity contribution in [3.8, 4) is 16.9 Å². The predicted molar refractivity (Wildman–Crippen MR) is 127 cm³/mol. The molecule has 0 radical (unpaired) electrons. The Morgan fingerprint density at radius 3 is 2.72 bits per heavy atom. The number of pyridine rings is 1. The van der Waals surface area contributed by atoms with Gasteiger partial charge < -0.3 is 9.47 Å². The van der Waals surface area contributed by atoms with Crippen molar-refractivity contribution < 1.29 is 14.3 Å². The van der Waals surface area contributed by atoms with Gasteiger partial charge in [0, 0.05) is 30.8 Å². The third-order valence-electron chi connectivity index (χ3n) is 5.84. The average Bonchev–Trinajstić information content (AvgIpc) is 3.16. The van der Waals surface area contributed by atoms with E-state index in [1.807, 2.05) is 48.1 Å². The van der Waals surface area contributed by atoms with Crippen LogP contribution in [0.15, 0.2) is 43.2 Å². The molecule has 168 valence electrons. The SMILES string of the molecule is C=Cc1cc(-c2cnn3cc(OC(C)(C)CN4CCOCC4)ccc23)cc(C)c1C(C)=O. The van der Waals surface area contributed by atoms with E-state index in [9.17, 15) is 4.79 Å². The third kappa shape index (κ3) is 4.61. The van der Waals surface area contributed by atoms with Gasteiger partial charge in [0.05, 0.1) is 31.1 Å². The highest BCUT2D eigenvalue weighted by atomic mass is 16.5. The standard InChI is InChI=1S/C26H31N3O3/c1-6-20-14-21(13-18(2)25(20)19(3)30)23-15-27-29-16-22(7-8-24(23)29)32-26(4,5)17-28-9-11-31-12-10-28/h6-8,13-16H,1,9-12,17H2,2-5H3.